The van der Waals surface area contributed by atoms with Crippen molar-refractivity contribution < 1.29 is 14.0 Å². The summed E-state index contributed by atoms with van der Waals surface area (Å²) >= 11 is 0.843. The monoisotopic (exact) mass is 218 g/mol. The van der Waals surface area contributed by atoms with E-state index in [4.69, 9.17) is 4.89 Å². The summed E-state index contributed by atoms with van der Waals surface area (Å²) in [5.41, 5.74) is 1.12. The predicted octanol–water partition coefficient (Wildman–Crippen LogP) is 2.83. The summed E-state index contributed by atoms with van der Waals surface area (Å²) in [4.78, 5) is 9.88. The van der Waals surface area contributed by atoms with Gasteiger partial charge in [-0.3, -0.25) is 0 Å². The van der Waals surface area contributed by atoms with Crippen molar-refractivity contribution in [3.8, 4) is 0 Å². The van der Waals surface area contributed by atoms with Gasteiger partial charge in [0, 0.05) is 12.0 Å². The van der Waals surface area contributed by atoms with E-state index in [1.807, 2.05) is 19.1 Å². The van der Waals surface area contributed by atoms with Gasteiger partial charge in [0.05, 0.1) is 0 Å². The Morgan fingerprint density at radius 3 is 2.38 bits per heavy atom. The van der Waals surface area contributed by atoms with Crippen LogP contribution in [0.1, 0.15) is 5.56 Å². The van der Waals surface area contributed by atoms with Gasteiger partial charge in [0.2, 0.25) is 0 Å². The lowest BCUT2D eigenvalue weighted by molar-refractivity contribution is 0.336. The zero-order valence-electron chi connectivity index (χ0n) is 7.43. The predicted molar refractivity (Wildman–Crippen MR) is 53.9 cm³/mol. The third kappa shape index (κ3) is 3.53. The summed E-state index contributed by atoms with van der Waals surface area (Å²) in [7, 11) is 1.22. The molecule has 13 heavy (non-hydrogen) atoms. The molecule has 0 aromatic heterocycles. The number of hydrogen-bond donors (Lipinski definition) is 1. The maximum absolute atomic E-state index is 11.1. The molecule has 1 atom stereocenters. The molecular weight excluding hydrogens is 207 g/mol. The number of aryl methyl sites for hydroxylation is 1. The molecule has 0 saturated carbocycles. The summed E-state index contributed by atoms with van der Waals surface area (Å²) in [5.74, 6) is 0. The minimum Gasteiger partial charge on any atom is -0.316 e. The molecule has 0 radical (unpaired) electrons. The van der Waals surface area contributed by atoms with Crippen molar-refractivity contribution >= 4 is 18.2 Å². The van der Waals surface area contributed by atoms with Crippen molar-refractivity contribution in [2.45, 2.75) is 11.8 Å². The second-order valence-corrected chi connectivity index (χ2v) is 6.44. The van der Waals surface area contributed by atoms with E-state index in [-0.39, 0.29) is 0 Å². The van der Waals surface area contributed by atoms with Crippen molar-refractivity contribution in [3.05, 3.63) is 29.8 Å². The molecular formula is C8H11O3PS. The van der Waals surface area contributed by atoms with Crippen molar-refractivity contribution in [1.82, 2.24) is 0 Å². The normalized spacial score (nSPS) is 15.3. The van der Waals surface area contributed by atoms with E-state index >= 15 is 0 Å². The maximum atomic E-state index is 11.1. The molecule has 0 saturated heterocycles. The summed E-state index contributed by atoms with van der Waals surface area (Å²) in [6, 6.07) is 7.36. The molecule has 3 nitrogen and oxygen atoms in total. The zero-order valence-corrected chi connectivity index (χ0v) is 9.14. The molecule has 1 aromatic rings. The van der Waals surface area contributed by atoms with Gasteiger partial charge in [-0.15, -0.1) is 0 Å². The Bertz CT molecular complexity index is 323. The average Bonchev–Trinajstić information content (AvgIpc) is 2.09. The summed E-state index contributed by atoms with van der Waals surface area (Å²) in [5, 5.41) is 0. The quantitative estimate of drug-likeness (QED) is 0.792. The van der Waals surface area contributed by atoms with E-state index in [9.17, 15) is 4.57 Å². The number of hydrogen-bond acceptors (Lipinski definition) is 3. The van der Waals surface area contributed by atoms with Gasteiger partial charge in [-0.1, -0.05) is 17.7 Å². The van der Waals surface area contributed by atoms with Gasteiger partial charge in [-0.05, 0) is 30.4 Å². The molecule has 0 fully saturated rings. The topological polar surface area (TPSA) is 46.5 Å². The van der Waals surface area contributed by atoms with Crippen LogP contribution >= 0.6 is 18.2 Å². The van der Waals surface area contributed by atoms with Crippen LogP contribution in [-0.4, -0.2) is 12.0 Å². The highest BCUT2D eigenvalue weighted by Gasteiger charge is 2.18. The SMILES string of the molecule is COP(=O)(O)Sc1ccc(C)cc1. The van der Waals surface area contributed by atoms with E-state index in [1.54, 1.807) is 12.1 Å². The lowest BCUT2D eigenvalue weighted by Gasteiger charge is -2.07. The van der Waals surface area contributed by atoms with Gasteiger partial charge in [0.1, 0.15) is 0 Å². The fraction of sp³-hybridized carbons (Fsp3) is 0.250. The maximum Gasteiger partial charge on any atom is 0.391 e. The van der Waals surface area contributed by atoms with E-state index in [1.165, 1.54) is 7.11 Å². The third-order valence-corrected chi connectivity index (χ3v) is 4.42. The largest absolute Gasteiger partial charge is 0.391 e. The smallest absolute Gasteiger partial charge is 0.316 e. The first-order valence-corrected chi connectivity index (χ1v) is 6.68. The second-order valence-electron chi connectivity index (χ2n) is 2.56. The molecule has 72 valence electrons. The Kier molecular flexibility index (Phi) is 3.56. The van der Waals surface area contributed by atoms with Crippen LogP contribution in [0.25, 0.3) is 0 Å². The first-order valence-electron chi connectivity index (χ1n) is 3.68. The molecule has 1 rings (SSSR count). The van der Waals surface area contributed by atoms with Crippen LogP contribution in [0.2, 0.25) is 0 Å². The molecule has 0 aliphatic rings. The Morgan fingerprint density at radius 1 is 1.38 bits per heavy atom. The Hall–Kier alpha value is -0.280. The fourth-order valence-electron chi connectivity index (χ4n) is 0.770. The van der Waals surface area contributed by atoms with Crippen LogP contribution in [0.5, 0.6) is 0 Å². The van der Waals surface area contributed by atoms with Crippen LogP contribution in [0, 0.1) is 6.92 Å². The first kappa shape index (κ1) is 10.8. The van der Waals surface area contributed by atoms with E-state index in [0.717, 1.165) is 21.8 Å². The van der Waals surface area contributed by atoms with Crippen molar-refractivity contribution in [2.24, 2.45) is 0 Å². The Morgan fingerprint density at radius 2 is 1.92 bits per heavy atom. The number of rotatable bonds is 3. The van der Waals surface area contributed by atoms with Crippen LogP contribution in [0.3, 0.4) is 0 Å². The van der Waals surface area contributed by atoms with Crippen LogP contribution in [0.4, 0.5) is 0 Å². The first-order chi connectivity index (χ1) is 6.03. The van der Waals surface area contributed by atoms with Crippen LogP contribution < -0.4 is 0 Å². The minimum absolute atomic E-state index is 0.735. The van der Waals surface area contributed by atoms with Gasteiger partial charge >= 0.3 is 6.80 Å². The molecule has 0 heterocycles. The van der Waals surface area contributed by atoms with Crippen molar-refractivity contribution in [1.29, 1.82) is 0 Å². The lowest BCUT2D eigenvalue weighted by Crippen LogP contribution is -1.78. The molecule has 0 aliphatic heterocycles. The van der Waals surface area contributed by atoms with Crippen LogP contribution in [0.15, 0.2) is 29.2 Å². The lowest BCUT2D eigenvalue weighted by atomic mass is 10.2. The number of benzene rings is 1. The standard InChI is InChI=1S/C8H11O3PS/c1-7-3-5-8(6-4-7)13-12(9,10)11-2/h3-6H,1-2H3,(H,9,10). The molecule has 5 heteroatoms. The minimum atomic E-state index is -3.49. The average molecular weight is 218 g/mol. The molecule has 0 bridgehead atoms. The Balaban J connectivity index is 2.75. The molecule has 1 N–H and O–H groups in total. The third-order valence-electron chi connectivity index (χ3n) is 1.47. The fourth-order valence-corrected chi connectivity index (χ4v) is 2.76. The molecule has 0 spiro atoms. The summed E-state index contributed by atoms with van der Waals surface area (Å²) in [6.07, 6.45) is 0. The molecule has 0 amide bonds. The highest BCUT2D eigenvalue weighted by Crippen LogP contribution is 2.58. The highest BCUT2D eigenvalue weighted by molar-refractivity contribution is 8.54. The van der Waals surface area contributed by atoms with Crippen molar-refractivity contribution in [3.63, 3.8) is 0 Å². The van der Waals surface area contributed by atoms with Gasteiger partial charge in [-0.25, -0.2) is 4.57 Å². The Labute approximate surface area is 81.4 Å². The van der Waals surface area contributed by atoms with E-state index in [2.05, 4.69) is 4.52 Å². The van der Waals surface area contributed by atoms with Crippen molar-refractivity contribution in [2.75, 3.05) is 7.11 Å². The molecule has 0 aliphatic carbocycles. The molecule has 1 unspecified atom stereocenters. The van der Waals surface area contributed by atoms with E-state index in [0.29, 0.717) is 0 Å². The summed E-state index contributed by atoms with van der Waals surface area (Å²) in [6.45, 7) is -1.53. The van der Waals surface area contributed by atoms with Gasteiger partial charge in [-0.2, -0.15) is 0 Å². The second kappa shape index (κ2) is 4.29. The van der Waals surface area contributed by atoms with Gasteiger partial charge < -0.3 is 9.42 Å². The summed E-state index contributed by atoms with van der Waals surface area (Å²) < 4.78 is 15.6. The van der Waals surface area contributed by atoms with Gasteiger partial charge in [0.15, 0.2) is 0 Å². The van der Waals surface area contributed by atoms with Gasteiger partial charge in [0.25, 0.3) is 0 Å². The molecule has 1 aromatic carbocycles. The highest BCUT2D eigenvalue weighted by atomic mass is 32.7. The van der Waals surface area contributed by atoms with E-state index < -0.39 is 6.80 Å². The van der Waals surface area contributed by atoms with Crippen LogP contribution in [-0.2, 0) is 9.09 Å². The zero-order chi connectivity index (χ0) is 9.90.